The monoisotopic (exact) mass is 322 g/mol. The molecule has 0 bridgehead atoms. The maximum Gasteiger partial charge on any atom is 0.261 e. The summed E-state index contributed by atoms with van der Waals surface area (Å²) >= 11 is 5.82. The molecule has 1 unspecified atom stereocenters. The fraction of sp³-hybridized carbons (Fsp3) is 0.571. The summed E-state index contributed by atoms with van der Waals surface area (Å²) < 4.78 is 25.9. The van der Waals surface area contributed by atoms with Gasteiger partial charge in [-0.3, -0.25) is 4.55 Å². The van der Waals surface area contributed by atoms with Gasteiger partial charge in [0.2, 0.25) is 0 Å². The largest absolute Gasteiger partial charge is 0.396 e. The molecule has 4 nitrogen and oxygen atoms in total. The Kier molecular flexibility index (Phi) is 9.84. The van der Waals surface area contributed by atoms with Gasteiger partial charge in [-0.2, -0.15) is 8.42 Å². The summed E-state index contributed by atoms with van der Waals surface area (Å²) in [5.74, 6) is 0.272. The summed E-state index contributed by atoms with van der Waals surface area (Å²) in [4.78, 5) is 0. The number of unbranched alkanes of at least 4 members (excludes halogenated alkanes) is 2. The van der Waals surface area contributed by atoms with E-state index in [0.29, 0.717) is 6.26 Å². The van der Waals surface area contributed by atoms with E-state index in [1.54, 1.807) is 0 Å². The molecule has 2 N–H and O–H groups in total. The van der Waals surface area contributed by atoms with E-state index in [4.69, 9.17) is 16.2 Å². The second-order valence-corrected chi connectivity index (χ2v) is 6.56. The summed E-state index contributed by atoms with van der Waals surface area (Å²) in [5, 5.41) is 10.1. The molecule has 0 saturated heterocycles. The van der Waals surface area contributed by atoms with Gasteiger partial charge in [-0.1, -0.05) is 49.9 Å². The highest BCUT2D eigenvalue weighted by Crippen LogP contribution is 2.23. The van der Waals surface area contributed by atoms with Crippen LogP contribution in [0.4, 0.5) is 0 Å². The van der Waals surface area contributed by atoms with Crippen molar-refractivity contribution in [1.29, 1.82) is 0 Å². The molecular formula is C14H23ClO4S. The molecule has 0 spiro atoms. The number of rotatable bonds is 6. The molecule has 0 fully saturated rings. The van der Waals surface area contributed by atoms with Gasteiger partial charge in [-0.05, 0) is 24.1 Å². The van der Waals surface area contributed by atoms with Gasteiger partial charge in [0.15, 0.2) is 0 Å². The van der Waals surface area contributed by atoms with Crippen molar-refractivity contribution >= 4 is 21.7 Å². The van der Waals surface area contributed by atoms with Gasteiger partial charge in [0.25, 0.3) is 10.1 Å². The molecule has 1 aromatic carbocycles. The molecule has 0 aliphatic heterocycles. The fourth-order valence-corrected chi connectivity index (χ4v) is 1.87. The first-order valence-electron chi connectivity index (χ1n) is 6.56. The molecule has 1 rings (SSSR count). The van der Waals surface area contributed by atoms with Gasteiger partial charge in [0.05, 0.1) is 6.26 Å². The van der Waals surface area contributed by atoms with E-state index in [-0.39, 0.29) is 12.5 Å². The standard InChI is InChI=1S/C13H19ClO.CH4O3S/c1-2-3-4-5-12(10-15)11-6-8-13(14)9-7-11;1-5(2,3)4/h6-9,12,15H,2-5,10H2,1H3;1H3,(H,2,3,4). The summed E-state index contributed by atoms with van der Waals surface area (Å²) in [7, 11) is -3.67. The molecule has 0 aliphatic rings. The van der Waals surface area contributed by atoms with Crippen LogP contribution in [0.1, 0.15) is 44.1 Å². The van der Waals surface area contributed by atoms with Gasteiger partial charge in [-0.15, -0.1) is 0 Å². The van der Waals surface area contributed by atoms with Gasteiger partial charge in [0, 0.05) is 17.5 Å². The van der Waals surface area contributed by atoms with Crippen LogP contribution >= 0.6 is 11.6 Å². The van der Waals surface area contributed by atoms with E-state index in [9.17, 15) is 13.5 Å². The lowest BCUT2D eigenvalue weighted by atomic mass is 9.94. The zero-order valence-electron chi connectivity index (χ0n) is 11.9. The molecule has 0 aromatic heterocycles. The van der Waals surface area contributed by atoms with Crippen LogP contribution in [-0.4, -0.2) is 30.9 Å². The van der Waals surface area contributed by atoms with Crippen LogP contribution in [-0.2, 0) is 10.1 Å². The molecule has 0 radical (unpaired) electrons. The molecule has 0 heterocycles. The molecule has 0 saturated carbocycles. The number of aliphatic hydroxyl groups excluding tert-OH is 1. The third kappa shape index (κ3) is 11.2. The Balaban J connectivity index is 0.000000621. The van der Waals surface area contributed by atoms with Gasteiger partial charge in [-0.25, -0.2) is 0 Å². The average molecular weight is 323 g/mol. The Bertz CT molecular complexity index is 449. The maximum absolute atomic E-state index is 9.32. The van der Waals surface area contributed by atoms with E-state index < -0.39 is 10.1 Å². The fourth-order valence-electron chi connectivity index (χ4n) is 1.74. The van der Waals surface area contributed by atoms with Crippen molar-refractivity contribution < 1.29 is 18.1 Å². The number of aliphatic hydroxyl groups is 1. The molecule has 6 heteroatoms. The van der Waals surface area contributed by atoms with Crippen molar-refractivity contribution in [3.8, 4) is 0 Å². The van der Waals surface area contributed by atoms with Crippen LogP contribution < -0.4 is 0 Å². The molecular weight excluding hydrogens is 300 g/mol. The topological polar surface area (TPSA) is 74.6 Å². The summed E-state index contributed by atoms with van der Waals surface area (Å²) in [6, 6.07) is 7.79. The van der Waals surface area contributed by atoms with Crippen molar-refractivity contribution in [2.24, 2.45) is 0 Å². The third-order valence-corrected chi connectivity index (χ3v) is 2.97. The minimum absolute atomic E-state index is 0.228. The second kappa shape index (κ2) is 10.2. The second-order valence-electron chi connectivity index (χ2n) is 4.66. The lowest BCUT2D eigenvalue weighted by Gasteiger charge is -2.14. The molecule has 20 heavy (non-hydrogen) atoms. The number of hydrogen-bond acceptors (Lipinski definition) is 3. The minimum atomic E-state index is -3.67. The summed E-state index contributed by atoms with van der Waals surface area (Å²) in [6.45, 7) is 2.42. The van der Waals surface area contributed by atoms with Crippen molar-refractivity contribution in [2.45, 2.75) is 38.5 Å². The lowest BCUT2D eigenvalue weighted by Crippen LogP contribution is -2.03. The predicted octanol–water partition coefficient (Wildman–Crippen LogP) is 3.50. The van der Waals surface area contributed by atoms with Crippen LogP contribution in [0.3, 0.4) is 0 Å². The Hall–Kier alpha value is -0.620. The first-order valence-corrected chi connectivity index (χ1v) is 8.79. The van der Waals surface area contributed by atoms with E-state index in [1.807, 2.05) is 24.3 Å². The molecule has 0 amide bonds. The maximum atomic E-state index is 9.32. The predicted molar refractivity (Wildman–Crippen MR) is 82.9 cm³/mol. The van der Waals surface area contributed by atoms with Crippen LogP contribution in [0.25, 0.3) is 0 Å². The molecule has 1 atom stereocenters. The summed E-state index contributed by atoms with van der Waals surface area (Å²) in [6.07, 6.45) is 5.42. The summed E-state index contributed by atoms with van der Waals surface area (Å²) in [5.41, 5.74) is 1.19. The zero-order valence-corrected chi connectivity index (χ0v) is 13.5. The van der Waals surface area contributed by atoms with Crippen molar-refractivity contribution in [3.05, 3.63) is 34.9 Å². The molecule has 116 valence electrons. The SMILES string of the molecule is CCCCCC(CO)c1ccc(Cl)cc1.CS(=O)(=O)O. The minimum Gasteiger partial charge on any atom is -0.396 e. The first-order chi connectivity index (χ1) is 9.27. The zero-order chi connectivity index (χ0) is 15.6. The highest BCUT2D eigenvalue weighted by Gasteiger charge is 2.09. The van der Waals surface area contributed by atoms with Gasteiger partial charge >= 0.3 is 0 Å². The Morgan fingerprint density at radius 2 is 1.70 bits per heavy atom. The van der Waals surface area contributed by atoms with Crippen LogP contribution in [0.5, 0.6) is 0 Å². The number of halogens is 1. The van der Waals surface area contributed by atoms with Crippen molar-refractivity contribution in [1.82, 2.24) is 0 Å². The third-order valence-electron chi connectivity index (χ3n) is 2.72. The van der Waals surface area contributed by atoms with E-state index in [1.165, 1.54) is 24.8 Å². The van der Waals surface area contributed by atoms with Crippen LogP contribution in [0.2, 0.25) is 5.02 Å². The first kappa shape index (κ1) is 19.4. The van der Waals surface area contributed by atoms with E-state index >= 15 is 0 Å². The average Bonchev–Trinajstić information content (AvgIpc) is 2.34. The Morgan fingerprint density at radius 1 is 1.20 bits per heavy atom. The van der Waals surface area contributed by atoms with Crippen LogP contribution in [0, 0.1) is 0 Å². The van der Waals surface area contributed by atoms with Gasteiger partial charge < -0.3 is 5.11 Å². The van der Waals surface area contributed by atoms with E-state index in [2.05, 4.69) is 6.92 Å². The molecule has 1 aromatic rings. The Morgan fingerprint density at radius 3 is 2.10 bits per heavy atom. The van der Waals surface area contributed by atoms with Crippen molar-refractivity contribution in [2.75, 3.05) is 12.9 Å². The highest BCUT2D eigenvalue weighted by atomic mass is 35.5. The normalized spacial score (nSPS) is 12.4. The number of benzene rings is 1. The Labute approximate surface area is 126 Å². The quantitative estimate of drug-likeness (QED) is 0.621. The number of hydrogen-bond donors (Lipinski definition) is 2. The molecule has 0 aliphatic carbocycles. The van der Waals surface area contributed by atoms with Crippen molar-refractivity contribution in [3.63, 3.8) is 0 Å². The smallest absolute Gasteiger partial charge is 0.261 e. The lowest BCUT2D eigenvalue weighted by molar-refractivity contribution is 0.256. The van der Waals surface area contributed by atoms with Crippen LogP contribution in [0.15, 0.2) is 24.3 Å². The highest BCUT2D eigenvalue weighted by molar-refractivity contribution is 7.85. The van der Waals surface area contributed by atoms with E-state index in [0.717, 1.165) is 11.4 Å². The van der Waals surface area contributed by atoms with Gasteiger partial charge in [0.1, 0.15) is 0 Å².